The summed E-state index contributed by atoms with van der Waals surface area (Å²) in [5.74, 6) is 0.647. The number of H-pyrrole nitrogens is 1. The van der Waals surface area contributed by atoms with E-state index >= 15 is 0 Å². The summed E-state index contributed by atoms with van der Waals surface area (Å²) in [5, 5.41) is 10.3. The van der Waals surface area contributed by atoms with Gasteiger partial charge in [0.15, 0.2) is 0 Å². The van der Waals surface area contributed by atoms with E-state index in [1.54, 1.807) is 18.5 Å². The second kappa shape index (κ2) is 3.88. The number of anilines is 1. The van der Waals surface area contributed by atoms with Crippen molar-refractivity contribution in [2.24, 2.45) is 0 Å². The van der Waals surface area contributed by atoms with Gasteiger partial charge >= 0.3 is 0 Å². The van der Waals surface area contributed by atoms with Gasteiger partial charge in [-0.05, 0) is 6.07 Å². The van der Waals surface area contributed by atoms with Crippen LogP contribution in [0.25, 0.3) is 0 Å². The van der Waals surface area contributed by atoms with Crippen LogP contribution >= 0.6 is 11.6 Å². The molecule has 2 heterocycles. The Balaban J connectivity index is 2.41. The molecule has 15 heavy (non-hydrogen) atoms. The summed E-state index contributed by atoms with van der Waals surface area (Å²) in [6, 6.07) is 1.57. The highest BCUT2D eigenvalue weighted by Gasteiger charge is 2.16. The van der Waals surface area contributed by atoms with E-state index in [2.05, 4.69) is 15.0 Å². The fraction of sp³-hybridized carbons (Fsp3) is 0.111. The van der Waals surface area contributed by atoms with E-state index in [4.69, 9.17) is 17.3 Å². The molecule has 0 aromatic carbocycles. The molecule has 0 aliphatic rings. The van der Waals surface area contributed by atoms with Crippen LogP contribution in [0.3, 0.4) is 0 Å². The van der Waals surface area contributed by atoms with Crippen LogP contribution in [0, 0.1) is 0 Å². The number of nitrogens with one attached hydrogen (secondary N) is 1. The van der Waals surface area contributed by atoms with Crippen molar-refractivity contribution in [1.82, 2.24) is 15.0 Å². The van der Waals surface area contributed by atoms with Crippen molar-refractivity contribution in [3.8, 4) is 0 Å². The average molecular weight is 225 g/mol. The number of hydrogen-bond donors (Lipinski definition) is 3. The molecular weight excluding hydrogens is 216 g/mol. The minimum Gasteiger partial charge on any atom is -0.383 e. The molecule has 2 rings (SSSR count). The Kier molecular flexibility index (Phi) is 2.57. The summed E-state index contributed by atoms with van der Waals surface area (Å²) in [5.41, 5.74) is 6.07. The first-order valence-electron chi connectivity index (χ1n) is 4.26. The molecule has 0 saturated heterocycles. The Morgan fingerprint density at radius 3 is 2.93 bits per heavy atom. The van der Waals surface area contributed by atoms with Crippen LogP contribution in [0.2, 0.25) is 5.02 Å². The number of aromatic nitrogens is 3. The molecule has 0 amide bonds. The predicted molar refractivity (Wildman–Crippen MR) is 56.3 cm³/mol. The summed E-state index contributed by atoms with van der Waals surface area (Å²) in [6.07, 6.45) is 3.65. The summed E-state index contributed by atoms with van der Waals surface area (Å²) in [7, 11) is 0. The second-order valence-corrected chi connectivity index (χ2v) is 3.44. The molecule has 0 aliphatic carbocycles. The molecular formula is C9H9ClN4O. The molecule has 1 atom stereocenters. The van der Waals surface area contributed by atoms with Crippen molar-refractivity contribution in [1.29, 1.82) is 0 Å². The highest BCUT2D eigenvalue weighted by Crippen LogP contribution is 2.25. The lowest BCUT2D eigenvalue weighted by molar-refractivity contribution is 0.211. The van der Waals surface area contributed by atoms with Gasteiger partial charge in [0.25, 0.3) is 0 Å². The normalized spacial score (nSPS) is 12.7. The van der Waals surface area contributed by atoms with E-state index < -0.39 is 6.10 Å². The summed E-state index contributed by atoms with van der Waals surface area (Å²) in [6.45, 7) is 0. The van der Waals surface area contributed by atoms with E-state index in [0.717, 1.165) is 0 Å². The van der Waals surface area contributed by atoms with Gasteiger partial charge in [-0.15, -0.1) is 0 Å². The maximum Gasteiger partial charge on any atom is 0.140 e. The smallest absolute Gasteiger partial charge is 0.140 e. The number of rotatable bonds is 2. The molecule has 5 nitrogen and oxygen atoms in total. The zero-order valence-corrected chi connectivity index (χ0v) is 8.44. The standard InChI is InChI=1S/C9H9ClN4O/c10-5-3-6(8(11)14-4-5)7(15)9-12-1-2-13-9/h1-4,7,15H,(H2,11,14)(H,12,13). The van der Waals surface area contributed by atoms with Crippen LogP contribution in [0.1, 0.15) is 17.5 Å². The monoisotopic (exact) mass is 224 g/mol. The Hall–Kier alpha value is -1.59. The zero-order chi connectivity index (χ0) is 10.8. The maximum absolute atomic E-state index is 9.91. The van der Waals surface area contributed by atoms with Gasteiger partial charge in [-0.3, -0.25) is 0 Å². The maximum atomic E-state index is 9.91. The number of nitrogens with two attached hydrogens (primary N) is 1. The first-order valence-corrected chi connectivity index (χ1v) is 4.64. The van der Waals surface area contributed by atoms with Crippen LogP contribution in [0.4, 0.5) is 5.82 Å². The van der Waals surface area contributed by atoms with E-state index in [9.17, 15) is 5.11 Å². The van der Waals surface area contributed by atoms with Crippen molar-refractivity contribution in [3.63, 3.8) is 0 Å². The fourth-order valence-electron chi connectivity index (χ4n) is 1.26. The Bertz CT molecular complexity index is 457. The third-order valence-electron chi connectivity index (χ3n) is 1.99. The van der Waals surface area contributed by atoms with Crippen molar-refractivity contribution in [2.45, 2.75) is 6.10 Å². The molecule has 0 spiro atoms. The lowest BCUT2D eigenvalue weighted by Crippen LogP contribution is -2.06. The summed E-state index contributed by atoms with van der Waals surface area (Å²) >= 11 is 5.76. The number of aliphatic hydroxyl groups excluding tert-OH is 1. The number of aliphatic hydroxyl groups is 1. The molecule has 0 fully saturated rings. The molecule has 2 aromatic rings. The molecule has 4 N–H and O–H groups in total. The number of aromatic amines is 1. The number of halogens is 1. The molecule has 78 valence electrons. The van der Waals surface area contributed by atoms with Crippen LogP contribution in [-0.2, 0) is 0 Å². The second-order valence-electron chi connectivity index (χ2n) is 3.00. The summed E-state index contributed by atoms with van der Waals surface area (Å²) < 4.78 is 0. The number of pyridine rings is 1. The van der Waals surface area contributed by atoms with Gasteiger partial charge in [-0.1, -0.05) is 11.6 Å². The number of nitrogen functional groups attached to an aromatic ring is 1. The van der Waals surface area contributed by atoms with Crippen molar-refractivity contribution in [3.05, 3.63) is 41.1 Å². The molecule has 2 aromatic heterocycles. The lowest BCUT2D eigenvalue weighted by atomic mass is 10.1. The molecule has 0 radical (unpaired) electrons. The minimum absolute atomic E-state index is 0.239. The third-order valence-corrected chi connectivity index (χ3v) is 2.20. The van der Waals surface area contributed by atoms with Crippen LogP contribution in [0.15, 0.2) is 24.7 Å². The molecule has 6 heteroatoms. The largest absolute Gasteiger partial charge is 0.383 e. The number of nitrogens with zero attached hydrogens (tertiary/aromatic N) is 2. The zero-order valence-electron chi connectivity index (χ0n) is 7.68. The van der Waals surface area contributed by atoms with E-state index in [-0.39, 0.29) is 5.82 Å². The van der Waals surface area contributed by atoms with Crippen LogP contribution in [-0.4, -0.2) is 20.1 Å². The first-order chi connectivity index (χ1) is 7.18. The Morgan fingerprint density at radius 1 is 1.47 bits per heavy atom. The van der Waals surface area contributed by atoms with Crippen molar-refractivity contribution in [2.75, 3.05) is 5.73 Å². The van der Waals surface area contributed by atoms with Gasteiger partial charge in [-0.25, -0.2) is 9.97 Å². The highest BCUT2D eigenvalue weighted by molar-refractivity contribution is 6.30. The van der Waals surface area contributed by atoms with Gasteiger partial charge in [-0.2, -0.15) is 0 Å². The van der Waals surface area contributed by atoms with Gasteiger partial charge < -0.3 is 15.8 Å². The number of hydrogen-bond acceptors (Lipinski definition) is 4. The Morgan fingerprint density at radius 2 is 2.27 bits per heavy atom. The fourth-order valence-corrected chi connectivity index (χ4v) is 1.43. The molecule has 0 saturated carbocycles. The highest BCUT2D eigenvalue weighted by atomic mass is 35.5. The minimum atomic E-state index is -0.939. The lowest BCUT2D eigenvalue weighted by Gasteiger charge is -2.10. The summed E-state index contributed by atoms with van der Waals surface area (Å²) in [4.78, 5) is 10.6. The van der Waals surface area contributed by atoms with Crippen LogP contribution in [0.5, 0.6) is 0 Å². The SMILES string of the molecule is Nc1ncc(Cl)cc1C(O)c1ncc[nH]1. The van der Waals surface area contributed by atoms with Crippen molar-refractivity contribution >= 4 is 17.4 Å². The molecule has 0 aliphatic heterocycles. The average Bonchev–Trinajstić information content (AvgIpc) is 2.74. The number of imidazole rings is 1. The predicted octanol–water partition coefficient (Wildman–Crippen LogP) is 1.12. The quantitative estimate of drug-likeness (QED) is 0.713. The first kappa shape index (κ1) is 9.95. The van der Waals surface area contributed by atoms with Crippen LogP contribution < -0.4 is 5.73 Å². The topological polar surface area (TPSA) is 87.8 Å². The van der Waals surface area contributed by atoms with E-state index in [1.807, 2.05) is 0 Å². The van der Waals surface area contributed by atoms with Gasteiger partial charge in [0.1, 0.15) is 17.7 Å². The van der Waals surface area contributed by atoms with Gasteiger partial charge in [0.2, 0.25) is 0 Å². The third kappa shape index (κ3) is 1.93. The van der Waals surface area contributed by atoms with E-state index in [0.29, 0.717) is 16.4 Å². The van der Waals surface area contributed by atoms with Gasteiger partial charge in [0.05, 0.1) is 5.02 Å². The van der Waals surface area contributed by atoms with E-state index in [1.165, 1.54) is 6.20 Å². The van der Waals surface area contributed by atoms with Crippen molar-refractivity contribution < 1.29 is 5.11 Å². The van der Waals surface area contributed by atoms with Gasteiger partial charge in [0, 0.05) is 24.2 Å². The Labute approximate surface area is 90.9 Å². The molecule has 0 bridgehead atoms. The molecule has 1 unspecified atom stereocenters.